The van der Waals surface area contributed by atoms with E-state index in [1.807, 2.05) is 24.3 Å². The molecule has 4 heteroatoms. The monoisotopic (exact) mass is 250 g/mol. The smallest absolute Gasteiger partial charge is 0.321 e. The lowest BCUT2D eigenvalue weighted by Gasteiger charge is -2.17. The number of amides is 2. The van der Waals surface area contributed by atoms with Crippen molar-refractivity contribution >= 4 is 11.7 Å². The molecule has 1 aromatic rings. The van der Waals surface area contributed by atoms with Crippen LogP contribution in [0.25, 0.3) is 0 Å². The fraction of sp³-hybridized carbons (Fsp3) is 0.500. The molecule has 2 amide bonds. The first-order valence-corrected chi connectivity index (χ1v) is 6.15. The largest absolute Gasteiger partial charge is 0.383 e. The topological polar surface area (TPSA) is 41.6 Å². The molecule has 0 unspecified atom stereocenters. The molecule has 0 radical (unpaired) electrons. The Kier molecular flexibility index (Phi) is 5.65. The molecular formula is C14H22N2O2. The van der Waals surface area contributed by atoms with Crippen LogP contribution in [0.2, 0.25) is 0 Å². The molecule has 0 saturated heterocycles. The number of carbonyl (C=O) groups excluding carboxylic acids is 1. The molecule has 18 heavy (non-hydrogen) atoms. The Balaban J connectivity index is 2.53. The second-order valence-electron chi connectivity index (χ2n) is 4.62. The van der Waals surface area contributed by atoms with Gasteiger partial charge in [-0.3, -0.25) is 0 Å². The van der Waals surface area contributed by atoms with Crippen molar-refractivity contribution in [2.24, 2.45) is 0 Å². The Hall–Kier alpha value is -1.55. The van der Waals surface area contributed by atoms with Crippen LogP contribution in [0.1, 0.15) is 25.3 Å². The third kappa shape index (κ3) is 4.37. The number of nitrogens with zero attached hydrogens (tertiary/aromatic N) is 1. The fourth-order valence-corrected chi connectivity index (χ4v) is 1.50. The lowest BCUT2D eigenvalue weighted by Crippen LogP contribution is -2.33. The summed E-state index contributed by atoms with van der Waals surface area (Å²) in [5.74, 6) is 0.499. The van der Waals surface area contributed by atoms with Crippen molar-refractivity contribution in [2.45, 2.75) is 19.8 Å². The number of benzene rings is 1. The predicted molar refractivity (Wildman–Crippen MR) is 74.1 cm³/mol. The van der Waals surface area contributed by atoms with E-state index in [0.29, 0.717) is 19.1 Å². The molecule has 0 aliphatic carbocycles. The molecule has 0 fully saturated rings. The zero-order valence-corrected chi connectivity index (χ0v) is 11.6. The van der Waals surface area contributed by atoms with Crippen molar-refractivity contribution in [3.05, 3.63) is 29.8 Å². The minimum absolute atomic E-state index is 0.121. The first-order valence-electron chi connectivity index (χ1n) is 6.15. The molecule has 0 aliphatic heterocycles. The van der Waals surface area contributed by atoms with E-state index in [1.54, 1.807) is 19.1 Å². The van der Waals surface area contributed by atoms with Crippen LogP contribution < -0.4 is 5.32 Å². The highest BCUT2D eigenvalue weighted by Crippen LogP contribution is 2.17. The molecule has 0 aromatic heterocycles. The maximum absolute atomic E-state index is 11.8. The van der Waals surface area contributed by atoms with Gasteiger partial charge in [0, 0.05) is 26.4 Å². The van der Waals surface area contributed by atoms with Gasteiger partial charge in [-0.2, -0.15) is 0 Å². The quantitative estimate of drug-likeness (QED) is 0.873. The molecule has 0 spiro atoms. The third-order valence-electron chi connectivity index (χ3n) is 2.81. The van der Waals surface area contributed by atoms with Gasteiger partial charge < -0.3 is 15.0 Å². The molecule has 4 nitrogen and oxygen atoms in total. The van der Waals surface area contributed by atoms with E-state index in [4.69, 9.17) is 4.74 Å². The number of nitrogens with one attached hydrogen (secondary N) is 1. The van der Waals surface area contributed by atoms with Gasteiger partial charge in [-0.15, -0.1) is 0 Å². The summed E-state index contributed by atoms with van der Waals surface area (Å²) in [5, 5.41) is 2.85. The summed E-state index contributed by atoms with van der Waals surface area (Å²) in [6.45, 7) is 5.40. The van der Waals surface area contributed by atoms with Crippen LogP contribution in [0.4, 0.5) is 10.5 Å². The lowest BCUT2D eigenvalue weighted by molar-refractivity contribution is 0.165. The van der Waals surface area contributed by atoms with Crippen LogP contribution in [-0.2, 0) is 4.74 Å². The molecular weight excluding hydrogens is 228 g/mol. The second-order valence-corrected chi connectivity index (χ2v) is 4.62. The Morgan fingerprint density at radius 1 is 1.33 bits per heavy atom. The molecule has 100 valence electrons. The summed E-state index contributed by atoms with van der Waals surface area (Å²) in [6, 6.07) is 7.81. The highest BCUT2D eigenvalue weighted by Gasteiger charge is 2.08. The van der Waals surface area contributed by atoms with Gasteiger partial charge in [-0.25, -0.2) is 4.79 Å². The van der Waals surface area contributed by atoms with Crippen molar-refractivity contribution in [1.82, 2.24) is 4.90 Å². The summed E-state index contributed by atoms with van der Waals surface area (Å²) in [5.41, 5.74) is 2.08. The zero-order valence-electron chi connectivity index (χ0n) is 11.6. The summed E-state index contributed by atoms with van der Waals surface area (Å²) in [7, 11) is 3.37. The summed E-state index contributed by atoms with van der Waals surface area (Å²) < 4.78 is 4.93. The number of urea groups is 1. The van der Waals surface area contributed by atoms with E-state index in [1.165, 1.54) is 5.56 Å². The maximum Gasteiger partial charge on any atom is 0.321 e. The Morgan fingerprint density at radius 3 is 2.44 bits per heavy atom. The van der Waals surface area contributed by atoms with E-state index in [-0.39, 0.29) is 6.03 Å². The number of hydrogen-bond donors (Lipinski definition) is 1. The van der Waals surface area contributed by atoms with E-state index in [0.717, 1.165) is 5.69 Å². The Morgan fingerprint density at radius 2 is 1.94 bits per heavy atom. The number of anilines is 1. The minimum atomic E-state index is -0.121. The highest BCUT2D eigenvalue weighted by atomic mass is 16.5. The van der Waals surface area contributed by atoms with Crippen LogP contribution in [0, 0.1) is 0 Å². The number of carbonyl (C=O) groups is 1. The van der Waals surface area contributed by atoms with Crippen molar-refractivity contribution in [1.29, 1.82) is 0 Å². The van der Waals surface area contributed by atoms with E-state index in [9.17, 15) is 4.79 Å². The normalized spacial score (nSPS) is 10.5. The maximum atomic E-state index is 11.8. The lowest BCUT2D eigenvalue weighted by atomic mass is 10.0. The van der Waals surface area contributed by atoms with Gasteiger partial charge >= 0.3 is 6.03 Å². The van der Waals surface area contributed by atoms with Crippen molar-refractivity contribution < 1.29 is 9.53 Å². The van der Waals surface area contributed by atoms with Gasteiger partial charge in [-0.05, 0) is 23.6 Å². The van der Waals surface area contributed by atoms with Crippen molar-refractivity contribution in [2.75, 3.05) is 32.6 Å². The summed E-state index contributed by atoms with van der Waals surface area (Å²) in [6.07, 6.45) is 0. The van der Waals surface area contributed by atoms with Crippen LogP contribution in [0.5, 0.6) is 0 Å². The Bertz CT molecular complexity index is 374. The average Bonchev–Trinajstić information content (AvgIpc) is 2.36. The predicted octanol–water partition coefficient (Wildman–Crippen LogP) is 2.92. The Labute approximate surface area is 109 Å². The van der Waals surface area contributed by atoms with Crippen LogP contribution >= 0.6 is 0 Å². The number of ether oxygens (including phenoxy) is 1. The number of hydrogen-bond acceptors (Lipinski definition) is 2. The molecule has 1 aromatic carbocycles. The van der Waals surface area contributed by atoms with Crippen LogP contribution in [0.3, 0.4) is 0 Å². The summed E-state index contributed by atoms with van der Waals surface area (Å²) in [4.78, 5) is 13.4. The van der Waals surface area contributed by atoms with Crippen molar-refractivity contribution in [3.8, 4) is 0 Å². The number of rotatable bonds is 5. The van der Waals surface area contributed by atoms with Gasteiger partial charge in [0.25, 0.3) is 0 Å². The van der Waals surface area contributed by atoms with Gasteiger partial charge in [0.05, 0.1) is 6.61 Å². The van der Waals surface area contributed by atoms with Gasteiger partial charge in [-0.1, -0.05) is 26.0 Å². The number of likely N-dealkylation sites (N-methyl/N-ethyl adjacent to an activating group) is 1. The SMILES string of the molecule is COCCN(C)C(=O)Nc1ccc(C(C)C)cc1. The van der Waals surface area contributed by atoms with Gasteiger partial charge in [0.15, 0.2) is 0 Å². The van der Waals surface area contributed by atoms with Gasteiger partial charge in [0.2, 0.25) is 0 Å². The molecule has 1 N–H and O–H groups in total. The first-order chi connectivity index (χ1) is 8.54. The molecule has 0 saturated carbocycles. The third-order valence-corrected chi connectivity index (χ3v) is 2.81. The number of methoxy groups -OCH3 is 1. The minimum Gasteiger partial charge on any atom is -0.383 e. The zero-order chi connectivity index (χ0) is 13.5. The fourth-order valence-electron chi connectivity index (χ4n) is 1.50. The first kappa shape index (κ1) is 14.5. The van der Waals surface area contributed by atoms with E-state index in [2.05, 4.69) is 19.2 Å². The standard InChI is InChI=1S/C14H22N2O2/c1-11(2)12-5-7-13(8-6-12)15-14(17)16(3)9-10-18-4/h5-8,11H,9-10H2,1-4H3,(H,15,17). The highest BCUT2D eigenvalue weighted by molar-refractivity contribution is 5.89. The van der Waals surface area contributed by atoms with Crippen LogP contribution in [-0.4, -0.2) is 38.2 Å². The van der Waals surface area contributed by atoms with Gasteiger partial charge in [0.1, 0.15) is 0 Å². The molecule has 0 heterocycles. The second kappa shape index (κ2) is 7.01. The average molecular weight is 250 g/mol. The van der Waals surface area contributed by atoms with Crippen molar-refractivity contribution in [3.63, 3.8) is 0 Å². The molecule has 0 atom stereocenters. The molecule has 1 rings (SSSR count). The van der Waals surface area contributed by atoms with Crippen LogP contribution in [0.15, 0.2) is 24.3 Å². The molecule has 0 aliphatic rings. The molecule has 0 bridgehead atoms. The van der Waals surface area contributed by atoms with E-state index < -0.39 is 0 Å². The van der Waals surface area contributed by atoms with E-state index >= 15 is 0 Å². The summed E-state index contributed by atoms with van der Waals surface area (Å²) >= 11 is 0.